The lowest BCUT2D eigenvalue weighted by Crippen LogP contribution is -2.55. The lowest BCUT2D eigenvalue weighted by atomic mass is 9.78. The molecule has 0 saturated carbocycles. The van der Waals surface area contributed by atoms with Gasteiger partial charge in [0.25, 0.3) is 5.79 Å². The molecule has 20 heavy (non-hydrogen) atoms. The fraction of sp³-hybridized carbons (Fsp3) is 0.875. The summed E-state index contributed by atoms with van der Waals surface area (Å²) in [6, 6.07) is 0. The molecular formula is C16H30O4. The summed E-state index contributed by atoms with van der Waals surface area (Å²) in [5, 5.41) is 0. The van der Waals surface area contributed by atoms with E-state index >= 15 is 0 Å². The van der Waals surface area contributed by atoms with Crippen LogP contribution in [0.25, 0.3) is 0 Å². The first-order chi connectivity index (χ1) is 8.85. The van der Waals surface area contributed by atoms with Crippen molar-refractivity contribution in [2.75, 3.05) is 0 Å². The van der Waals surface area contributed by atoms with Gasteiger partial charge < -0.3 is 9.47 Å². The van der Waals surface area contributed by atoms with Crippen LogP contribution in [0.2, 0.25) is 0 Å². The molecule has 0 bridgehead atoms. The number of carbonyl (C=O) groups is 2. The van der Waals surface area contributed by atoms with Gasteiger partial charge in [-0.25, -0.2) is 0 Å². The highest BCUT2D eigenvalue weighted by Crippen LogP contribution is 2.42. The maximum atomic E-state index is 12.0. The van der Waals surface area contributed by atoms with Crippen LogP contribution in [0.5, 0.6) is 0 Å². The van der Waals surface area contributed by atoms with Gasteiger partial charge in [0, 0.05) is 11.3 Å². The summed E-state index contributed by atoms with van der Waals surface area (Å²) in [5.74, 6) is -2.65. The first kappa shape index (κ1) is 18.9. The Labute approximate surface area is 123 Å². The number of rotatable bonds is 5. The highest BCUT2D eigenvalue weighted by atomic mass is 16.7. The van der Waals surface area contributed by atoms with Crippen molar-refractivity contribution < 1.29 is 19.1 Å². The Morgan fingerprint density at radius 3 is 1.20 bits per heavy atom. The molecule has 4 heteroatoms. The number of ether oxygens (including phenoxy) is 2. The molecule has 0 rings (SSSR count). The van der Waals surface area contributed by atoms with Gasteiger partial charge in [0.15, 0.2) is 0 Å². The molecule has 0 aliphatic rings. The van der Waals surface area contributed by atoms with Gasteiger partial charge in [-0.15, -0.1) is 0 Å². The minimum Gasteiger partial charge on any atom is -0.421 e. The summed E-state index contributed by atoms with van der Waals surface area (Å²) in [4.78, 5) is 24.1. The summed E-state index contributed by atoms with van der Waals surface area (Å²) in [6.45, 7) is 16.6. The Morgan fingerprint density at radius 2 is 1.05 bits per heavy atom. The Balaban J connectivity index is 5.61. The smallest absolute Gasteiger partial charge is 0.311 e. The molecule has 0 radical (unpaired) electrons. The van der Waals surface area contributed by atoms with E-state index in [1.54, 1.807) is 27.7 Å². The molecule has 0 aromatic rings. The van der Waals surface area contributed by atoms with Crippen LogP contribution in [-0.2, 0) is 19.1 Å². The lowest BCUT2D eigenvalue weighted by Gasteiger charge is -2.46. The highest BCUT2D eigenvalue weighted by Gasteiger charge is 2.52. The topological polar surface area (TPSA) is 52.6 Å². The van der Waals surface area contributed by atoms with E-state index in [9.17, 15) is 9.59 Å². The zero-order valence-corrected chi connectivity index (χ0v) is 14.4. The summed E-state index contributed by atoms with van der Waals surface area (Å²) in [6.07, 6.45) is 0. The van der Waals surface area contributed by atoms with E-state index in [0.29, 0.717) is 0 Å². The molecule has 0 saturated heterocycles. The van der Waals surface area contributed by atoms with Gasteiger partial charge in [-0.05, 0) is 0 Å². The molecule has 0 spiro atoms. The fourth-order valence-electron chi connectivity index (χ4n) is 1.96. The van der Waals surface area contributed by atoms with Crippen LogP contribution in [-0.4, -0.2) is 17.7 Å². The van der Waals surface area contributed by atoms with Crippen LogP contribution >= 0.6 is 0 Å². The normalized spacial score (nSPS) is 13.0. The van der Waals surface area contributed by atoms with Crippen molar-refractivity contribution in [3.05, 3.63) is 0 Å². The standard InChI is InChI=1S/C16H30O4/c1-10(2)13(17)19-16(12(5)6,15(7,8)9)20-14(18)11(3)4/h10-12H,1-9H3. The van der Waals surface area contributed by atoms with E-state index in [0.717, 1.165) is 0 Å². The Bertz CT molecular complexity index is 326. The highest BCUT2D eigenvalue weighted by molar-refractivity contribution is 5.74. The Hall–Kier alpha value is -1.06. The van der Waals surface area contributed by atoms with Crippen molar-refractivity contribution in [3.8, 4) is 0 Å². The number of carbonyl (C=O) groups excluding carboxylic acids is 2. The minimum atomic E-state index is -1.25. The lowest BCUT2D eigenvalue weighted by molar-refractivity contribution is -0.286. The van der Waals surface area contributed by atoms with Gasteiger partial charge in [-0.1, -0.05) is 62.3 Å². The Kier molecular flexibility index (Phi) is 6.25. The zero-order chi connectivity index (χ0) is 16.3. The van der Waals surface area contributed by atoms with Crippen molar-refractivity contribution in [3.63, 3.8) is 0 Å². The predicted octanol–water partition coefficient (Wildman–Crippen LogP) is 3.78. The van der Waals surface area contributed by atoms with Gasteiger partial charge >= 0.3 is 11.9 Å². The molecule has 0 aromatic carbocycles. The molecule has 0 amide bonds. The summed E-state index contributed by atoms with van der Waals surface area (Å²) in [5.41, 5.74) is -0.518. The van der Waals surface area contributed by atoms with E-state index < -0.39 is 11.2 Å². The maximum Gasteiger partial charge on any atom is 0.311 e. The molecule has 4 nitrogen and oxygen atoms in total. The SMILES string of the molecule is CC(C)C(=O)OC(OC(=O)C(C)C)(C(C)C)C(C)(C)C. The fourth-order valence-corrected chi connectivity index (χ4v) is 1.96. The minimum absolute atomic E-state index is 0.145. The average molecular weight is 286 g/mol. The maximum absolute atomic E-state index is 12.0. The molecule has 0 atom stereocenters. The van der Waals surface area contributed by atoms with Crippen molar-refractivity contribution in [2.45, 2.75) is 68.1 Å². The van der Waals surface area contributed by atoms with Gasteiger partial charge in [0.05, 0.1) is 11.8 Å². The third kappa shape index (κ3) is 4.22. The van der Waals surface area contributed by atoms with Crippen LogP contribution in [0.4, 0.5) is 0 Å². The molecule has 118 valence electrons. The second kappa shape index (κ2) is 6.59. The molecular weight excluding hydrogens is 256 g/mol. The van der Waals surface area contributed by atoms with Crippen molar-refractivity contribution in [1.29, 1.82) is 0 Å². The van der Waals surface area contributed by atoms with Crippen molar-refractivity contribution in [1.82, 2.24) is 0 Å². The molecule has 0 heterocycles. The predicted molar refractivity (Wildman–Crippen MR) is 78.9 cm³/mol. The van der Waals surface area contributed by atoms with Gasteiger partial charge in [-0.3, -0.25) is 9.59 Å². The van der Waals surface area contributed by atoms with Crippen molar-refractivity contribution in [2.24, 2.45) is 23.2 Å². The Morgan fingerprint density at radius 1 is 0.750 bits per heavy atom. The first-order valence-electron chi connectivity index (χ1n) is 7.30. The van der Waals surface area contributed by atoms with E-state index in [1.165, 1.54) is 0 Å². The van der Waals surface area contributed by atoms with Gasteiger partial charge in [-0.2, -0.15) is 0 Å². The number of esters is 2. The second-order valence-electron chi connectivity index (χ2n) is 7.22. The third-order valence-corrected chi connectivity index (χ3v) is 3.25. The van der Waals surface area contributed by atoms with Crippen LogP contribution in [0.1, 0.15) is 62.3 Å². The molecule has 0 aromatic heterocycles. The van der Waals surface area contributed by atoms with Gasteiger partial charge in [0.1, 0.15) is 0 Å². The number of hydrogen-bond acceptors (Lipinski definition) is 4. The summed E-state index contributed by atoms with van der Waals surface area (Å²) in [7, 11) is 0. The number of hydrogen-bond donors (Lipinski definition) is 0. The molecule has 0 aliphatic heterocycles. The zero-order valence-electron chi connectivity index (χ0n) is 14.4. The van der Waals surface area contributed by atoms with E-state index in [1.807, 2.05) is 34.6 Å². The molecule has 0 aliphatic carbocycles. The molecule has 0 fully saturated rings. The van der Waals surface area contributed by atoms with E-state index in [2.05, 4.69) is 0 Å². The monoisotopic (exact) mass is 286 g/mol. The molecule has 0 unspecified atom stereocenters. The van der Waals surface area contributed by atoms with Crippen molar-refractivity contribution >= 4 is 11.9 Å². The van der Waals surface area contributed by atoms with E-state index in [-0.39, 0.29) is 29.7 Å². The first-order valence-corrected chi connectivity index (χ1v) is 7.30. The summed E-state index contributed by atoms with van der Waals surface area (Å²) < 4.78 is 11.3. The van der Waals surface area contributed by atoms with Crippen LogP contribution < -0.4 is 0 Å². The van der Waals surface area contributed by atoms with Gasteiger partial charge in [0.2, 0.25) is 0 Å². The van der Waals surface area contributed by atoms with E-state index in [4.69, 9.17) is 9.47 Å². The second-order valence-corrected chi connectivity index (χ2v) is 7.22. The largest absolute Gasteiger partial charge is 0.421 e. The molecule has 0 N–H and O–H groups in total. The quantitative estimate of drug-likeness (QED) is 0.570. The van der Waals surface area contributed by atoms with Crippen LogP contribution in [0, 0.1) is 23.2 Å². The third-order valence-electron chi connectivity index (χ3n) is 3.25. The van der Waals surface area contributed by atoms with Crippen LogP contribution in [0.15, 0.2) is 0 Å². The summed E-state index contributed by atoms with van der Waals surface area (Å²) >= 11 is 0. The van der Waals surface area contributed by atoms with Crippen LogP contribution in [0.3, 0.4) is 0 Å². The average Bonchev–Trinajstić information content (AvgIpc) is 2.25.